The molecule has 5 heteroatoms. The SMILES string of the molecule is COc1cccn2nc(-c3ccco3)nc12. The standard InChI is InChI=1S/C11H9N3O2/c1-15-9-4-2-6-14-11(9)12-10(13-14)8-5-3-7-16-8/h2-7H,1H3. The third-order valence-corrected chi connectivity index (χ3v) is 2.29. The molecule has 3 aromatic rings. The van der Waals surface area contributed by atoms with Crippen LogP contribution in [0.3, 0.4) is 0 Å². The van der Waals surface area contributed by atoms with E-state index in [2.05, 4.69) is 10.1 Å². The van der Waals surface area contributed by atoms with E-state index in [-0.39, 0.29) is 0 Å². The maximum atomic E-state index is 5.24. The predicted molar refractivity (Wildman–Crippen MR) is 57.2 cm³/mol. The van der Waals surface area contributed by atoms with Gasteiger partial charge in [-0.15, -0.1) is 5.10 Å². The summed E-state index contributed by atoms with van der Waals surface area (Å²) in [4.78, 5) is 4.36. The van der Waals surface area contributed by atoms with Gasteiger partial charge in [-0.3, -0.25) is 0 Å². The minimum absolute atomic E-state index is 0.550. The third-order valence-electron chi connectivity index (χ3n) is 2.29. The Morgan fingerprint density at radius 3 is 3.00 bits per heavy atom. The minimum atomic E-state index is 0.550. The van der Waals surface area contributed by atoms with E-state index in [4.69, 9.17) is 9.15 Å². The molecule has 0 aliphatic rings. The summed E-state index contributed by atoms with van der Waals surface area (Å²) in [5.74, 6) is 1.88. The predicted octanol–water partition coefficient (Wildman–Crippen LogP) is 2.00. The van der Waals surface area contributed by atoms with Crippen LogP contribution < -0.4 is 4.74 Å². The Morgan fingerprint density at radius 2 is 2.25 bits per heavy atom. The highest BCUT2D eigenvalue weighted by Crippen LogP contribution is 2.21. The number of nitrogens with zero attached hydrogens (tertiary/aromatic N) is 3. The number of hydrogen-bond acceptors (Lipinski definition) is 4. The van der Waals surface area contributed by atoms with Crippen LogP contribution in [-0.2, 0) is 0 Å². The lowest BCUT2D eigenvalue weighted by atomic mass is 10.4. The van der Waals surface area contributed by atoms with E-state index >= 15 is 0 Å². The minimum Gasteiger partial charge on any atom is -0.493 e. The molecular formula is C11H9N3O2. The second-order valence-corrected chi connectivity index (χ2v) is 3.26. The maximum absolute atomic E-state index is 5.24. The average molecular weight is 215 g/mol. The first-order valence-corrected chi connectivity index (χ1v) is 4.82. The Labute approximate surface area is 91.3 Å². The number of rotatable bonds is 2. The van der Waals surface area contributed by atoms with Crippen molar-refractivity contribution in [2.24, 2.45) is 0 Å². The molecule has 0 aliphatic heterocycles. The molecule has 0 saturated carbocycles. The number of aromatic nitrogens is 3. The fourth-order valence-corrected chi connectivity index (χ4v) is 1.55. The van der Waals surface area contributed by atoms with Crippen LogP contribution in [-0.4, -0.2) is 21.7 Å². The molecule has 0 radical (unpaired) electrons. The van der Waals surface area contributed by atoms with Gasteiger partial charge in [0.15, 0.2) is 17.2 Å². The number of ether oxygens (including phenoxy) is 1. The summed E-state index contributed by atoms with van der Waals surface area (Å²) >= 11 is 0. The highest BCUT2D eigenvalue weighted by Gasteiger charge is 2.11. The normalized spacial score (nSPS) is 10.8. The lowest BCUT2D eigenvalue weighted by Crippen LogP contribution is -1.90. The van der Waals surface area contributed by atoms with E-state index in [1.807, 2.05) is 24.4 Å². The van der Waals surface area contributed by atoms with Gasteiger partial charge in [0.05, 0.1) is 13.4 Å². The Morgan fingerprint density at radius 1 is 1.31 bits per heavy atom. The van der Waals surface area contributed by atoms with Crippen LogP contribution in [0.5, 0.6) is 5.75 Å². The molecule has 16 heavy (non-hydrogen) atoms. The monoisotopic (exact) mass is 215 g/mol. The van der Waals surface area contributed by atoms with Crippen molar-refractivity contribution in [3.63, 3.8) is 0 Å². The molecule has 0 saturated heterocycles. The Hall–Kier alpha value is -2.30. The van der Waals surface area contributed by atoms with Crippen LogP contribution in [0, 0.1) is 0 Å². The molecule has 3 heterocycles. The van der Waals surface area contributed by atoms with Gasteiger partial charge in [-0.1, -0.05) is 0 Å². The van der Waals surface area contributed by atoms with Gasteiger partial charge in [-0.05, 0) is 24.3 Å². The van der Waals surface area contributed by atoms with Crippen molar-refractivity contribution in [3.8, 4) is 17.3 Å². The van der Waals surface area contributed by atoms with Crippen molar-refractivity contribution < 1.29 is 9.15 Å². The molecular weight excluding hydrogens is 206 g/mol. The molecule has 0 spiro atoms. The van der Waals surface area contributed by atoms with Gasteiger partial charge in [-0.2, -0.15) is 0 Å². The average Bonchev–Trinajstić information content (AvgIpc) is 2.96. The molecule has 0 aliphatic carbocycles. The molecule has 0 amide bonds. The van der Waals surface area contributed by atoms with E-state index in [9.17, 15) is 0 Å². The quantitative estimate of drug-likeness (QED) is 0.656. The Kier molecular flexibility index (Phi) is 1.89. The largest absolute Gasteiger partial charge is 0.493 e. The summed E-state index contributed by atoms with van der Waals surface area (Å²) in [6.07, 6.45) is 3.41. The van der Waals surface area contributed by atoms with Crippen molar-refractivity contribution in [2.75, 3.05) is 7.11 Å². The number of hydrogen-bond donors (Lipinski definition) is 0. The summed E-state index contributed by atoms with van der Waals surface area (Å²) in [5, 5.41) is 4.30. The molecule has 0 aromatic carbocycles. The van der Waals surface area contributed by atoms with E-state index < -0.39 is 0 Å². The van der Waals surface area contributed by atoms with Gasteiger partial charge in [0.25, 0.3) is 0 Å². The van der Waals surface area contributed by atoms with Crippen LogP contribution in [0.15, 0.2) is 41.1 Å². The smallest absolute Gasteiger partial charge is 0.218 e. The summed E-state index contributed by atoms with van der Waals surface area (Å²) in [6.45, 7) is 0. The molecule has 0 fully saturated rings. The van der Waals surface area contributed by atoms with Gasteiger partial charge in [0, 0.05) is 6.20 Å². The second kappa shape index (κ2) is 3.37. The fraction of sp³-hybridized carbons (Fsp3) is 0.0909. The van der Waals surface area contributed by atoms with Crippen molar-refractivity contribution >= 4 is 5.65 Å². The molecule has 0 N–H and O–H groups in total. The summed E-state index contributed by atoms with van der Waals surface area (Å²) in [6, 6.07) is 7.32. The van der Waals surface area contributed by atoms with E-state index in [0.29, 0.717) is 23.0 Å². The molecule has 0 bridgehead atoms. The van der Waals surface area contributed by atoms with Crippen LogP contribution in [0.4, 0.5) is 0 Å². The summed E-state index contributed by atoms with van der Waals surface area (Å²) in [5.41, 5.74) is 0.677. The Bertz CT molecular complexity index is 613. The molecule has 3 rings (SSSR count). The number of methoxy groups -OCH3 is 1. The topological polar surface area (TPSA) is 52.6 Å². The Balaban J connectivity index is 2.23. The molecule has 0 atom stereocenters. The zero-order valence-corrected chi connectivity index (χ0v) is 8.62. The lowest BCUT2D eigenvalue weighted by molar-refractivity contribution is 0.416. The highest BCUT2D eigenvalue weighted by atomic mass is 16.5. The number of furan rings is 1. The zero-order chi connectivity index (χ0) is 11.0. The summed E-state index contributed by atoms with van der Waals surface area (Å²) in [7, 11) is 1.61. The van der Waals surface area contributed by atoms with Crippen LogP contribution in [0.25, 0.3) is 17.2 Å². The first-order chi connectivity index (χ1) is 7.88. The van der Waals surface area contributed by atoms with Gasteiger partial charge >= 0.3 is 0 Å². The van der Waals surface area contributed by atoms with Crippen LogP contribution >= 0.6 is 0 Å². The van der Waals surface area contributed by atoms with Crippen molar-refractivity contribution in [1.29, 1.82) is 0 Å². The van der Waals surface area contributed by atoms with Crippen molar-refractivity contribution in [1.82, 2.24) is 14.6 Å². The zero-order valence-electron chi connectivity index (χ0n) is 8.62. The van der Waals surface area contributed by atoms with Crippen molar-refractivity contribution in [3.05, 3.63) is 36.7 Å². The van der Waals surface area contributed by atoms with E-state index in [1.54, 1.807) is 24.0 Å². The number of fused-ring (bicyclic) bond motifs is 1. The first-order valence-electron chi connectivity index (χ1n) is 4.82. The first kappa shape index (κ1) is 8.96. The van der Waals surface area contributed by atoms with Crippen LogP contribution in [0.1, 0.15) is 0 Å². The second-order valence-electron chi connectivity index (χ2n) is 3.26. The van der Waals surface area contributed by atoms with Crippen LogP contribution in [0.2, 0.25) is 0 Å². The fourth-order valence-electron chi connectivity index (χ4n) is 1.55. The maximum Gasteiger partial charge on any atom is 0.218 e. The molecule has 5 nitrogen and oxygen atoms in total. The highest BCUT2D eigenvalue weighted by molar-refractivity contribution is 5.58. The van der Waals surface area contributed by atoms with Gasteiger partial charge in [0.2, 0.25) is 5.82 Å². The van der Waals surface area contributed by atoms with Gasteiger partial charge in [0.1, 0.15) is 0 Å². The molecule has 0 unspecified atom stereocenters. The van der Waals surface area contributed by atoms with Crippen molar-refractivity contribution in [2.45, 2.75) is 0 Å². The lowest BCUT2D eigenvalue weighted by Gasteiger charge is -1.98. The number of pyridine rings is 1. The van der Waals surface area contributed by atoms with Gasteiger partial charge < -0.3 is 9.15 Å². The van der Waals surface area contributed by atoms with Gasteiger partial charge in [-0.25, -0.2) is 9.50 Å². The molecule has 3 aromatic heterocycles. The third kappa shape index (κ3) is 1.25. The van der Waals surface area contributed by atoms with E-state index in [0.717, 1.165) is 0 Å². The van der Waals surface area contributed by atoms with E-state index in [1.165, 1.54) is 0 Å². The molecule has 80 valence electrons. The summed E-state index contributed by atoms with van der Waals surface area (Å²) < 4.78 is 12.1.